The number of H-pyrrole nitrogens is 1. The summed E-state index contributed by atoms with van der Waals surface area (Å²) in [4.78, 5) is 40.6. The number of rotatable bonds is 8. The predicted octanol–water partition coefficient (Wildman–Crippen LogP) is -1.38. The predicted molar refractivity (Wildman–Crippen MR) is 98.9 cm³/mol. The van der Waals surface area contributed by atoms with Gasteiger partial charge in [0.25, 0.3) is 5.56 Å². The van der Waals surface area contributed by atoms with Crippen molar-refractivity contribution in [2.75, 3.05) is 30.5 Å². The van der Waals surface area contributed by atoms with E-state index in [4.69, 9.17) is 14.5 Å². The summed E-state index contributed by atoms with van der Waals surface area (Å²) in [5, 5.41) is 23.4. The average molecular weight is 437 g/mol. The van der Waals surface area contributed by atoms with Gasteiger partial charge in [0.2, 0.25) is 5.95 Å². The van der Waals surface area contributed by atoms with Crippen LogP contribution < -0.4 is 10.9 Å². The third-order valence-corrected chi connectivity index (χ3v) is 5.15. The molecule has 1 fully saturated rings. The maximum atomic E-state index is 12.2. The fraction of sp³-hybridized carbons (Fsp3) is 0.615. The number of phosphoric ester groups is 1. The van der Waals surface area contributed by atoms with Crippen molar-refractivity contribution in [3.63, 3.8) is 0 Å². The summed E-state index contributed by atoms with van der Waals surface area (Å²) >= 11 is 1.61. The first-order chi connectivity index (χ1) is 13.2. The van der Waals surface area contributed by atoms with Crippen molar-refractivity contribution in [1.29, 1.82) is 0 Å². The zero-order valence-electron chi connectivity index (χ0n) is 14.6. The third-order valence-electron chi connectivity index (χ3n) is 4.05. The minimum absolute atomic E-state index is 0.00984. The number of nitrogens with one attached hydrogen (secondary N) is 2. The van der Waals surface area contributed by atoms with Crippen molar-refractivity contribution in [3.05, 3.63) is 16.7 Å². The van der Waals surface area contributed by atoms with Crippen LogP contribution in [0.2, 0.25) is 0 Å². The van der Waals surface area contributed by atoms with Crippen molar-refractivity contribution in [2.24, 2.45) is 0 Å². The number of thioether (sulfide) groups is 1. The molecule has 0 spiro atoms. The molecule has 2 aromatic heterocycles. The van der Waals surface area contributed by atoms with Crippen LogP contribution in [0.25, 0.3) is 11.2 Å². The molecule has 0 aliphatic carbocycles. The fourth-order valence-corrected chi connectivity index (χ4v) is 3.38. The Morgan fingerprint density at radius 3 is 2.86 bits per heavy atom. The van der Waals surface area contributed by atoms with Crippen LogP contribution >= 0.6 is 19.6 Å². The molecule has 1 aliphatic heterocycles. The minimum atomic E-state index is -4.77. The molecule has 3 heterocycles. The summed E-state index contributed by atoms with van der Waals surface area (Å²) < 4.78 is 22.0. The zero-order chi connectivity index (χ0) is 20.5. The van der Waals surface area contributed by atoms with E-state index in [1.54, 1.807) is 11.8 Å². The van der Waals surface area contributed by atoms with E-state index in [1.807, 2.05) is 6.26 Å². The number of aliphatic hydroxyl groups excluding tert-OH is 2. The quantitative estimate of drug-likeness (QED) is 0.210. The Bertz CT molecular complexity index is 931. The van der Waals surface area contributed by atoms with Crippen molar-refractivity contribution >= 4 is 36.7 Å². The van der Waals surface area contributed by atoms with Crippen molar-refractivity contribution < 1.29 is 33.8 Å². The van der Waals surface area contributed by atoms with E-state index < -0.39 is 44.5 Å². The van der Waals surface area contributed by atoms with Gasteiger partial charge in [-0.15, -0.1) is 0 Å². The highest BCUT2D eigenvalue weighted by molar-refractivity contribution is 7.98. The number of hydrogen-bond donors (Lipinski definition) is 6. The van der Waals surface area contributed by atoms with Gasteiger partial charge in [-0.25, -0.2) is 9.55 Å². The van der Waals surface area contributed by atoms with Crippen LogP contribution in [0.4, 0.5) is 5.95 Å². The lowest BCUT2D eigenvalue weighted by Crippen LogP contribution is -2.33. The van der Waals surface area contributed by atoms with E-state index in [0.29, 0.717) is 6.54 Å². The Kier molecular flexibility index (Phi) is 6.41. The highest BCUT2D eigenvalue weighted by atomic mass is 32.2. The lowest BCUT2D eigenvalue weighted by atomic mass is 10.1. The summed E-state index contributed by atoms with van der Waals surface area (Å²) in [7, 11) is -4.77. The number of nitrogens with zero attached hydrogens (tertiary/aromatic N) is 3. The highest BCUT2D eigenvalue weighted by Crippen LogP contribution is 2.38. The van der Waals surface area contributed by atoms with Gasteiger partial charge >= 0.3 is 7.82 Å². The molecule has 15 heteroatoms. The molecule has 0 unspecified atom stereocenters. The monoisotopic (exact) mass is 437 g/mol. The molecule has 0 aromatic carbocycles. The average Bonchev–Trinajstić information content (AvgIpc) is 3.15. The van der Waals surface area contributed by atoms with Gasteiger partial charge < -0.3 is 30.1 Å². The van der Waals surface area contributed by atoms with Crippen molar-refractivity contribution in [3.8, 4) is 0 Å². The highest BCUT2D eigenvalue weighted by Gasteiger charge is 2.45. The molecule has 4 atom stereocenters. The normalized spacial score (nSPS) is 25.5. The molecule has 0 saturated carbocycles. The van der Waals surface area contributed by atoms with Gasteiger partial charge in [0.05, 0.1) is 12.9 Å². The maximum Gasteiger partial charge on any atom is 0.469 e. The van der Waals surface area contributed by atoms with Crippen molar-refractivity contribution in [1.82, 2.24) is 19.5 Å². The number of phosphoric acid groups is 1. The first kappa shape index (κ1) is 21.2. The summed E-state index contributed by atoms with van der Waals surface area (Å²) in [6.45, 7) is -0.0755. The minimum Gasteiger partial charge on any atom is -0.387 e. The van der Waals surface area contributed by atoms with E-state index in [1.165, 1.54) is 10.9 Å². The Morgan fingerprint density at radius 1 is 1.43 bits per heavy atom. The summed E-state index contributed by atoms with van der Waals surface area (Å²) in [5.74, 6) is 1.00. The summed E-state index contributed by atoms with van der Waals surface area (Å²) in [6.07, 6.45) is -2.16. The van der Waals surface area contributed by atoms with Crippen LogP contribution in [0.1, 0.15) is 6.23 Å². The maximum absolute atomic E-state index is 12.2. The van der Waals surface area contributed by atoms with Crippen molar-refractivity contribution in [2.45, 2.75) is 24.5 Å². The first-order valence-corrected chi connectivity index (χ1v) is 11.0. The lowest BCUT2D eigenvalue weighted by Gasteiger charge is -2.16. The smallest absolute Gasteiger partial charge is 0.387 e. The number of fused-ring (bicyclic) bond motifs is 1. The summed E-state index contributed by atoms with van der Waals surface area (Å²) in [5.41, 5.74) is -0.372. The van der Waals surface area contributed by atoms with E-state index >= 15 is 0 Å². The van der Waals surface area contributed by atoms with Gasteiger partial charge in [0.15, 0.2) is 17.4 Å². The first-order valence-electron chi connectivity index (χ1n) is 8.12. The molecule has 0 amide bonds. The van der Waals surface area contributed by atoms with Crippen LogP contribution in [-0.2, 0) is 13.8 Å². The van der Waals surface area contributed by atoms with Crippen LogP contribution in [0, 0.1) is 0 Å². The van der Waals surface area contributed by atoms with E-state index in [9.17, 15) is 19.6 Å². The molecular weight excluding hydrogens is 417 g/mol. The van der Waals surface area contributed by atoms with E-state index in [-0.39, 0.29) is 17.1 Å². The molecule has 0 radical (unpaired) electrons. The molecule has 0 bridgehead atoms. The number of anilines is 1. The van der Waals surface area contributed by atoms with Gasteiger partial charge in [-0.1, -0.05) is 0 Å². The Balaban J connectivity index is 1.86. The molecular formula is C13H20N5O8PS. The fourth-order valence-electron chi connectivity index (χ4n) is 2.73. The molecule has 156 valence electrons. The van der Waals surface area contributed by atoms with Crippen LogP contribution in [-0.4, -0.2) is 83.0 Å². The molecule has 13 nitrogen and oxygen atoms in total. The second kappa shape index (κ2) is 8.47. The van der Waals surface area contributed by atoms with Crippen LogP contribution in [0.3, 0.4) is 0 Å². The number of aliphatic hydroxyl groups is 2. The second-order valence-corrected chi connectivity index (χ2v) is 8.22. The largest absolute Gasteiger partial charge is 0.469 e. The molecule has 3 rings (SSSR count). The number of imidazole rings is 1. The van der Waals surface area contributed by atoms with Crippen LogP contribution in [0.15, 0.2) is 11.1 Å². The molecule has 2 aromatic rings. The van der Waals surface area contributed by atoms with Gasteiger partial charge in [0, 0.05) is 12.3 Å². The summed E-state index contributed by atoms with van der Waals surface area (Å²) in [6, 6.07) is 0. The third kappa shape index (κ3) is 4.55. The van der Waals surface area contributed by atoms with Gasteiger partial charge in [0.1, 0.15) is 18.3 Å². The number of hydrogen-bond acceptors (Lipinski definition) is 10. The zero-order valence-corrected chi connectivity index (χ0v) is 16.3. The number of aromatic nitrogens is 4. The Morgan fingerprint density at radius 2 is 2.18 bits per heavy atom. The Labute approximate surface area is 162 Å². The molecule has 1 aliphatic rings. The SMILES string of the molecule is CSCCNc1nc2c(ncn2[C@@H]2O[C@H](COP(=O)(O)O)[C@@H](O)[C@H]2O)c(=O)[nH]1. The standard InChI is InChI=1S/C13H20N5O8PS/c1-28-3-2-14-13-16-10-7(11(21)17-13)15-5-18(10)12-9(20)8(19)6(26-12)4-25-27(22,23)24/h5-6,8-9,12,19-20H,2-4H2,1H3,(H2,22,23,24)(H2,14,16,17,21)/t6-,8-,9-,12-/m1/s1. The topological polar surface area (TPSA) is 192 Å². The molecule has 28 heavy (non-hydrogen) atoms. The van der Waals surface area contributed by atoms with Gasteiger partial charge in [-0.2, -0.15) is 16.7 Å². The van der Waals surface area contributed by atoms with Gasteiger partial charge in [-0.05, 0) is 6.26 Å². The molecule has 1 saturated heterocycles. The number of ether oxygens (including phenoxy) is 1. The lowest BCUT2D eigenvalue weighted by molar-refractivity contribution is -0.0503. The van der Waals surface area contributed by atoms with E-state index in [0.717, 1.165) is 5.75 Å². The number of aromatic amines is 1. The Hall–Kier alpha value is -1.51. The van der Waals surface area contributed by atoms with E-state index in [2.05, 4.69) is 24.8 Å². The second-order valence-electron chi connectivity index (χ2n) is 5.99. The van der Waals surface area contributed by atoms with Gasteiger partial charge in [-0.3, -0.25) is 18.9 Å². The van der Waals surface area contributed by atoms with Crippen LogP contribution in [0.5, 0.6) is 0 Å². The molecule has 6 N–H and O–H groups in total.